The lowest BCUT2D eigenvalue weighted by Crippen LogP contribution is -2.04. The molecule has 0 aliphatic carbocycles. The van der Waals surface area contributed by atoms with Crippen LogP contribution < -0.4 is 9.47 Å². The first-order chi connectivity index (χ1) is 9.69. The van der Waals surface area contributed by atoms with Gasteiger partial charge in [0.2, 0.25) is 0 Å². The van der Waals surface area contributed by atoms with Gasteiger partial charge in [-0.1, -0.05) is 15.9 Å². The van der Waals surface area contributed by atoms with Crippen molar-refractivity contribution in [2.75, 3.05) is 13.7 Å². The van der Waals surface area contributed by atoms with Crippen molar-refractivity contribution in [1.82, 2.24) is 0 Å². The van der Waals surface area contributed by atoms with E-state index in [9.17, 15) is 4.79 Å². The van der Waals surface area contributed by atoms with E-state index in [1.807, 2.05) is 18.2 Å². The highest BCUT2D eigenvalue weighted by Crippen LogP contribution is 2.29. The fourth-order valence-corrected chi connectivity index (χ4v) is 2.68. The molecule has 3 nitrogen and oxygen atoms in total. The number of halogens is 1. The highest BCUT2D eigenvalue weighted by Gasteiger charge is 2.18. The Balaban J connectivity index is 2.00. The maximum Gasteiger partial charge on any atom is 0.196 e. The summed E-state index contributed by atoms with van der Waals surface area (Å²) in [6, 6.07) is 11.0. The summed E-state index contributed by atoms with van der Waals surface area (Å²) in [6.07, 6.45) is 0.855. The summed E-state index contributed by atoms with van der Waals surface area (Å²) < 4.78 is 11.6. The topological polar surface area (TPSA) is 35.5 Å². The minimum Gasteiger partial charge on any atom is -0.496 e. The van der Waals surface area contributed by atoms with Crippen molar-refractivity contribution in [3.8, 4) is 11.5 Å². The van der Waals surface area contributed by atoms with E-state index in [4.69, 9.17) is 9.47 Å². The minimum atomic E-state index is -0.0379. The molecule has 0 N–H and O–H groups in total. The van der Waals surface area contributed by atoms with Crippen LogP contribution in [0.3, 0.4) is 0 Å². The van der Waals surface area contributed by atoms with Crippen molar-refractivity contribution in [3.63, 3.8) is 0 Å². The number of ketones is 1. The summed E-state index contributed by atoms with van der Waals surface area (Å²) in [5.74, 6) is 1.41. The highest BCUT2D eigenvalue weighted by molar-refractivity contribution is 9.10. The van der Waals surface area contributed by atoms with Crippen LogP contribution in [0.1, 0.15) is 21.5 Å². The Hall–Kier alpha value is -1.81. The van der Waals surface area contributed by atoms with Gasteiger partial charge < -0.3 is 9.47 Å². The second kappa shape index (κ2) is 5.29. The first-order valence-electron chi connectivity index (χ1n) is 6.33. The maximum atomic E-state index is 12.6. The van der Waals surface area contributed by atoms with Crippen LogP contribution in [0.4, 0.5) is 0 Å². The number of carbonyl (C=O) groups excluding carboxylic acids is 1. The number of carbonyl (C=O) groups is 1. The number of hydrogen-bond donors (Lipinski definition) is 0. The molecule has 0 spiro atoms. The third-order valence-electron chi connectivity index (χ3n) is 3.36. The number of rotatable bonds is 3. The molecular formula is C16H13BrO3. The van der Waals surface area contributed by atoms with Crippen molar-refractivity contribution in [3.05, 3.63) is 57.6 Å². The molecule has 4 heteroatoms. The normalized spacial score (nSPS) is 12.7. The Labute approximate surface area is 125 Å². The minimum absolute atomic E-state index is 0.0379. The molecule has 0 aromatic heterocycles. The third kappa shape index (κ3) is 2.31. The van der Waals surface area contributed by atoms with E-state index in [1.54, 1.807) is 25.3 Å². The molecule has 0 saturated heterocycles. The Bertz CT molecular complexity index is 679. The van der Waals surface area contributed by atoms with Gasteiger partial charge in [-0.15, -0.1) is 0 Å². The molecular weight excluding hydrogens is 320 g/mol. The van der Waals surface area contributed by atoms with Crippen LogP contribution >= 0.6 is 15.9 Å². The molecule has 2 aromatic carbocycles. The Kier molecular flexibility index (Phi) is 3.49. The summed E-state index contributed by atoms with van der Waals surface area (Å²) in [4.78, 5) is 12.6. The predicted octanol–water partition coefficient (Wildman–Crippen LogP) is 3.62. The average Bonchev–Trinajstić information content (AvgIpc) is 2.93. The predicted molar refractivity (Wildman–Crippen MR) is 79.8 cm³/mol. The highest BCUT2D eigenvalue weighted by atomic mass is 79.9. The van der Waals surface area contributed by atoms with Gasteiger partial charge in [0, 0.05) is 16.5 Å². The van der Waals surface area contributed by atoms with E-state index in [2.05, 4.69) is 15.9 Å². The average molecular weight is 333 g/mol. The zero-order valence-electron chi connectivity index (χ0n) is 11.0. The Morgan fingerprint density at radius 1 is 1.25 bits per heavy atom. The zero-order valence-corrected chi connectivity index (χ0v) is 12.6. The third-order valence-corrected chi connectivity index (χ3v) is 3.85. The van der Waals surface area contributed by atoms with Crippen LogP contribution in [0.15, 0.2) is 40.9 Å². The van der Waals surface area contributed by atoms with Crippen LogP contribution in [0, 0.1) is 0 Å². The van der Waals surface area contributed by atoms with Crippen molar-refractivity contribution in [2.24, 2.45) is 0 Å². The summed E-state index contributed by atoms with van der Waals surface area (Å²) in [5, 5.41) is 0. The SMILES string of the molecule is COc1cc(Br)ccc1C(=O)c1ccc2c(c1)CCO2. The van der Waals surface area contributed by atoms with Crippen molar-refractivity contribution in [2.45, 2.75) is 6.42 Å². The van der Waals surface area contributed by atoms with E-state index in [0.717, 1.165) is 22.2 Å². The first-order valence-corrected chi connectivity index (χ1v) is 7.12. The molecule has 1 aliphatic heterocycles. The van der Waals surface area contributed by atoms with Gasteiger partial charge >= 0.3 is 0 Å². The van der Waals surface area contributed by atoms with Gasteiger partial charge in [-0.2, -0.15) is 0 Å². The van der Waals surface area contributed by atoms with Crippen LogP contribution in [-0.4, -0.2) is 19.5 Å². The zero-order chi connectivity index (χ0) is 14.1. The molecule has 1 heterocycles. The Morgan fingerprint density at radius 3 is 2.90 bits per heavy atom. The van der Waals surface area contributed by atoms with E-state index in [1.165, 1.54) is 0 Å². The number of benzene rings is 2. The van der Waals surface area contributed by atoms with Gasteiger partial charge in [-0.3, -0.25) is 4.79 Å². The number of fused-ring (bicyclic) bond motifs is 1. The molecule has 0 saturated carbocycles. The van der Waals surface area contributed by atoms with E-state index in [0.29, 0.717) is 23.5 Å². The van der Waals surface area contributed by atoms with E-state index >= 15 is 0 Å². The van der Waals surface area contributed by atoms with Crippen LogP contribution in [0.2, 0.25) is 0 Å². The quantitative estimate of drug-likeness (QED) is 0.805. The molecule has 1 aliphatic rings. The molecule has 0 atom stereocenters. The van der Waals surface area contributed by atoms with Crippen molar-refractivity contribution < 1.29 is 14.3 Å². The van der Waals surface area contributed by atoms with Crippen LogP contribution in [-0.2, 0) is 6.42 Å². The molecule has 3 rings (SSSR count). The first kappa shape index (κ1) is 13.2. The second-order valence-corrected chi connectivity index (χ2v) is 5.51. The second-order valence-electron chi connectivity index (χ2n) is 4.59. The largest absolute Gasteiger partial charge is 0.496 e. The van der Waals surface area contributed by atoms with Crippen LogP contribution in [0.25, 0.3) is 0 Å². The fraction of sp³-hybridized carbons (Fsp3) is 0.188. The van der Waals surface area contributed by atoms with Crippen LogP contribution in [0.5, 0.6) is 11.5 Å². The molecule has 2 aromatic rings. The van der Waals surface area contributed by atoms with Crippen molar-refractivity contribution >= 4 is 21.7 Å². The maximum absolute atomic E-state index is 12.6. The lowest BCUT2D eigenvalue weighted by Gasteiger charge is -2.09. The van der Waals surface area contributed by atoms with Gasteiger partial charge in [0.05, 0.1) is 19.3 Å². The number of methoxy groups -OCH3 is 1. The summed E-state index contributed by atoms with van der Waals surface area (Å²) in [6.45, 7) is 0.689. The molecule has 0 fully saturated rings. The molecule has 0 radical (unpaired) electrons. The fourth-order valence-electron chi connectivity index (χ4n) is 2.34. The summed E-state index contributed by atoms with van der Waals surface area (Å²) in [7, 11) is 1.56. The monoisotopic (exact) mass is 332 g/mol. The van der Waals surface area contributed by atoms with E-state index < -0.39 is 0 Å². The van der Waals surface area contributed by atoms with Gasteiger partial charge in [0.1, 0.15) is 11.5 Å². The molecule has 0 unspecified atom stereocenters. The lowest BCUT2D eigenvalue weighted by atomic mass is 10.00. The van der Waals surface area contributed by atoms with Gasteiger partial charge in [-0.25, -0.2) is 0 Å². The van der Waals surface area contributed by atoms with Gasteiger partial charge in [0.15, 0.2) is 5.78 Å². The smallest absolute Gasteiger partial charge is 0.196 e. The van der Waals surface area contributed by atoms with Gasteiger partial charge in [0.25, 0.3) is 0 Å². The van der Waals surface area contributed by atoms with Gasteiger partial charge in [-0.05, 0) is 42.0 Å². The van der Waals surface area contributed by atoms with Crippen molar-refractivity contribution in [1.29, 1.82) is 0 Å². The standard InChI is InChI=1S/C16H13BrO3/c1-19-15-9-12(17)3-4-13(15)16(18)11-2-5-14-10(8-11)6-7-20-14/h2-5,8-9H,6-7H2,1H3. The molecule has 102 valence electrons. The Morgan fingerprint density at radius 2 is 2.10 bits per heavy atom. The number of ether oxygens (including phenoxy) is 2. The summed E-state index contributed by atoms with van der Waals surface area (Å²) in [5.41, 5.74) is 2.32. The number of hydrogen-bond acceptors (Lipinski definition) is 3. The summed E-state index contributed by atoms with van der Waals surface area (Å²) >= 11 is 3.38. The van der Waals surface area contributed by atoms with E-state index in [-0.39, 0.29) is 5.78 Å². The lowest BCUT2D eigenvalue weighted by molar-refractivity contribution is 0.103. The molecule has 0 bridgehead atoms. The molecule has 0 amide bonds. The molecule has 20 heavy (non-hydrogen) atoms.